The highest BCUT2D eigenvalue weighted by Crippen LogP contribution is 2.19. The lowest BCUT2D eigenvalue weighted by molar-refractivity contribution is 0.405. The third kappa shape index (κ3) is 3.33. The van der Waals surface area contributed by atoms with Crippen LogP contribution in [0.5, 0.6) is 5.75 Å². The Morgan fingerprint density at radius 3 is 2.89 bits per heavy atom. The molecule has 0 unspecified atom stereocenters. The quantitative estimate of drug-likeness (QED) is 0.888. The molecule has 0 fully saturated rings. The van der Waals surface area contributed by atoms with Gasteiger partial charge in [0.1, 0.15) is 11.5 Å². The number of aromatic nitrogens is 1. The molecule has 98 valence electrons. The van der Waals surface area contributed by atoms with Gasteiger partial charge in [0.25, 0.3) is 0 Å². The van der Waals surface area contributed by atoms with E-state index in [4.69, 9.17) is 14.4 Å². The highest BCUT2D eigenvalue weighted by Gasteiger charge is 2.05. The molecule has 1 heterocycles. The summed E-state index contributed by atoms with van der Waals surface area (Å²) in [6, 6.07) is 7.46. The van der Waals surface area contributed by atoms with Gasteiger partial charge in [-0.15, -0.1) is 0 Å². The Balaban J connectivity index is 2.00. The minimum atomic E-state index is 0.535. The van der Waals surface area contributed by atoms with E-state index < -0.39 is 0 Å². The minimum absolute atomic E-state index is 0.535. The number of methoxy groups -OCH3 is 1. The number of nitrogens with zero attached hydrogens (tertiary/aromatic N) is 2. The number of nitrogens with one attached hydrogen (secondary N) is 1. The molecule has 0 aliphatic heterocycles. The monoisotopic (exact) mass is 257 g/mol. The van der Waals surface area contributed by atoms with Crippen LogP contribution >= 0.6 is 0 Å². The van der Waals surface area contributed by atoms with Crippen molar-refractivity contribution in [3.05, 3.63) is 47.2 Å². The molecule has 19 heavy (non-hydrogen) atoms. The van der Waals surface area contributed by atoms with Crippen LogP contribution in [0.15, 0.2) is 28.8 Å². The van der Waals surface area contributed by atoms with Crippen molar-refractivity contribution in [1.29, 1.82) is 5.26 Å². The molecule has 0 bridgehead atoms. The molecule has 0 spiro atoms. The van der Waals surface area contributed by atoms with Gasteiger partial charge in [-0.05, 0) is 25.1 Å². The lowest BCUT2D eigenvalue weighted by Crippen LogP contribution is -2.13. The number of benzene rings is 1. The Kier molecular flexibility index (Phi) is 4.16. The van der Waals surface area contributed by atoms with Crippen LogP contribution in [0.3, 0.4) is 0 Å². The number of ether oxygens (including phenoxy) is 1. The number of nitriles is 1. The Labute approximate surface area is 111 Å². The van der Waals surface area contributed by atoms with Crippen molar-refractivity contribution in [2.45, 2.75) is 20.0 Å². The second-order valence-corrected chi connectivity index (χ2v) is 4.11. The topological polar surface area (TPSA) is 71.1 Å². The van der Waals surface area contributed by atoms with Crippen LogP contribution in [0.4, 0.5) is 0 Å². The molecule has 0 aliphatic rings. The summed E-state index contributed by atoms with van der Waals surface area (Å²) in [6.45, 7) is 2.98. The summed E-state index contributed by atoms with van der Waals surface area (Å²) < 4.78 is 10.6. The summed E-state index contributed by atoms with van der Waals surface area (Å²) in [6.07, 6.45) is 1.69. The van der Waals surface area contributed by atoms with Crippen molar-refractivity contribution in [2.75, 3.05) is 7.11 Å². The predicted molar refractivity (Wildman–Crippen MR) is 69.5 cm³/mol. The zero-order chi connectivity index (χ0) is 13.7. The zero-order valence-corrected chi connectivity index (χ0v) is 10.9. The maximum Gasteiger partial charge on any atom is 0.208 e. The molecule has 0 amide bonds. The summed E-state index contributed by atoms with van der Waals surface area (Å²) in [7, 11) is 1.61. The van der Waals surface area contributed by atoms with Crippen molar-refractivity contribution < 1.29 is 9.15 Å². The largest absolute Gasteiger partial charge is 0.496 e. The van der Waals surface area contributed by atoms with Crippen LogP contribution in [0.1, 0.15) is 22.8 Å². The summed E-state index contributed by atoms with van der Waals surface area (Å²) in [5.74, 6) is 2.20. The highest BCUT2D eigenvalue weighted by molar-refractivity contribution is 5.41. The van der Waals surface area contributed by atoms with Gasteiger partial charge < -0.3 is 14.5 Å². The Hall–Kier alpha value is -2.32. The van der Waals surface area contributed by atoms with Gasteiger partial charge in [0.05, 0.1) is 31.5 Å². The van der Waals surface area contributed by atoms with Gasteiger partial charge in [0.15, 0.2) is 0 Å². The van der Waals surface area contributed by atoms with Crippen LogP contribution in [-0.2, 0) is 13.1 Å². The smallest absolute Gasteiger partial charge is 0.208 e. The zero-order valence-electron chi connectivity index (χ0n) is 10.9. The van der Waals surface area contributed by atoms with Gasteiger partial charge in [-0.1, -0.05) is 0 Å². The molecular formula is C14H15N3O2. The summed E-state index contributed by atoms with van der Waals surface area (Å²) in [5.41, 5.74) is 1.55. The summed E-state index contributed by atoms with van der Waals surface area (Å²) in [5, 5.41) is 12.1. The number of hydrogen-bond acceptors (Lipinski definition) is 5. The molecule has 0 saturated heterocycles. The molecule has 2 aromatic rings. The van der Waals surface area contributed by atoms with E-state index in [1.165, 1.54) is 0 Å². The fourth-order valence-electron chi connectivity index (χ4n) is 1.77. The van der Waals surface area contributed by atoms with Crippen molar-refractivity contribution in [1.82, 2.24) is 10.3 Å². The van der Waals surface area contributed by atoms with Gasteiger partial charge in [-0.3, -0.25) is 0 Å². The first kappa shape index (κ1) is 13.1. The average molecular weight is 257 g/mol. The third-order valence-corrected chi connectivity index (χ3v) is 2.67. The molecule has 1 aromatic carbocycles. The maximum absolute atomic E-state index is 8.90. The van der Waals surface area contributed by atoms with Gasteiger partial charge in [0.2, 0.25) is 5.89 Å². The van der Waals surface area contributed by atoms with Gasteiger partial charge in [0, 0.05) is 12.1 Å². The molecule has 0 aliphatic carbocycles. The second kappa shape index (κ2) is 6.03. The van der Waals surface area contributed by atoms with Crippen LogP contribution < -0.4 is 10.1 Å². The minimum Gasteiger partial charge on any atom is -0.496 e. The molecular weight excluding hydrogens is 242 g/mol. The van der Waals surface area contributed by atoms with E-state index in [9.17, 15) is 0 Å². The maximum atomic E-state index is 8.90. The van der Waals surface area contributed by atoms with E-state index in [0.29, 0.717) is 24.5 Å². The van der Waals surface area contributed by atoms with Crippen molar-refractivity contribution in [3.63, 3.8) is 0 Å². The highest BCUT2D eigenvalue weighted by atomic mass is 16.5. The van der Waals surface area contributed by atoms with Crippen molar-refractivity contribution >= 4 is 0 Å². The third-order valence-electron chi connectivity index (χ3n) is 2.67. The second-order valence-electron chi connectivity index (χ2n) is 4.11. The molecule has 0 atom stereocenters. The molecule has 0 saturated carbocycles. The van der Waals surface area contributed by atoms with Crippen LogP contribution in [0.25, 0.3) is 0 Å². The lowest BCUT2D eigenvalue weighted by atomic mass is 10.1. The molecule has 1 aromatic heterocycles. The number of hydrogen-bond donors (Lipinski definition) is 1. The van der Waals surface area contributed by atoms with E-state index in [1.54, 1.807) is 25.4 Å². The number of oxazole rings is 1. The van der Waals surface area contributed by atoms with Crippen molar-refractivity contribution in [2.24, 2.45) is 0 Å². The lowest BCUT2D eigenvalue weighted by Gasteiger charge is -2.09. The molecule has 5 nitrogen and oxygen atoms in total. The van der Waals surface area contributed by atoms with Crippen LogP contribution in [0, 0.1) is 18.3 Å². The standard InChI is InChI=1S/C14H15N3O2/c1-10-7-17-14(19-10)9-16-8-12-5-11(6-15)3-4-13(12)18-2/h3-5,7,16H,8-9H2,1-2H3. The number of aryl methyl sites for hydroxylation is 1. The number of rotatable bonds is 5. The fraction of sp³-hybridized carbons (Fsp3) is 0.286. The van der Waals surface area contributed by atoms with Gasteiger partial charge >= 0.3 is 0 Å². The Morgan fingerprint density at radius 2 is 2.26 bits per heavy atom. The summed E-state index contributed by atoms with van der Waals surface area (Å²) >= 11 is 0. The molecule has 1 N–H and O–H groups in total. The van der Waals surface area contributed by atoms with Crippen LogP contribution in [0.2, 0.25) is 0 Å². The molecule has 2 rings (SSSR count). The van der Waals surface area contributed by atoms with Crippen molar-refractivity contribution in [3.8, 4) is 11.8 Å². The molecule has 5 heteroatoms. The molecule has 0 radical (unpaired) electrons. The fourth-order valence-corrected chi connectivity index (χ4v) is 1.77. The first-order valence-corrected chi connectivity index (χ1v) is 5.92. The van der Waals surface area contributed by atoms with Gasteiger partial charge in [-0.2, -0.15) is 5.26 Å². The van der Waals surface area contributed by atoms with Gasteiger partial charge in [-0.25, -0.2) is 4.98 Å². The van der Waals surface area contributed by atoms with Crippen LogP contribution in [-0.4, -0.2) is 12.1 Å². The SMILES string of the molecule is COc1ccc(C#N)cc1CNCc1ncc(C)o1. The Bertz CT molecular complexity index is 599. The Morgan fingerprint density at radius 1 is 1.42 bits per heavy atom. The summed E-state index contributed by atoms with van der Waals surface area (Å²) in [4.78, 5) is 4.11. The normalized spacial score (nSPS) is 10.2. The van der Waals surface area contributed by atoms with E-state index in [0.717, 1.165) is 17.1 Å². The van der Waals surface area contributed by atoms with E-state index in [1.807, 2.05) is 13.0 Å². The van der Waals surface area contributed by atoms with E-state index >= 15 is 0 Å². The van der Waals surface area contributed by atoms with E-state index in [-0.39, 0.29) is 0 Å². The first-order valence-electron chi connectivity index (χ1n) is 5.92. The average Bonchev–Trinajstić information content (AvgIpc) is 2.84. The first-order chi connectivity index (χ1) is 9.22. The van der Waals surface area contributed by atoms with E-state index in [2.05, 4.69) is 16.4 Å². The predicted octanol–water partition coefficient (Wildman–Crippen LogP) is 2.15.